The van der Waals surface area contributed by atoms with Gasteiger partial charge in [-0.1, -0.05) is 37.3 Å². The minimum Gasteiger partial charge on any atom is -0.372 e. The van der Waals surface area contributed by atoms with Crippen LogP contribution in [0.15, 0.2) is 12.1 Å². The van der Waals surface area contributed by atoms with E-state index in [1.165, 1.54) is 25.7 Å². The molecule has 0 spiro atoms. The average Bonchev–Trinajstić information content (AvgIpc) is 2.66. The summed E-state index contributed by atoms with van der Waals surface area (Å²) in [6.07, 6.45) is 7.81. The SMILES string of the molecule is NNc1ccc(Cl)c(COC2CCCCCC2)n1. The summed E-state index contributed by atoms with van der Waals surface area (Å²) in [5.41, 5.74) is 3.26. The van der Waals surface area contributed by atoms with Crippen molar-refractivity contribution < 1.29 is 4.74 Å². The second-order valence-electron chi connectivity index (χ2n) is 4.69. The first-order chi connectivity index (χ1) is 8.79. The number of aromatic nitrogens is 1. The van der Waals surface area contributed by atoms with Gasteiger partial charge in [0.05, 0.1) is 23.4 Å². The highest BCUT2D eigenvalue weighted by Crippen LogP contribution is 2.23. The molecular formula is C13H20ClN3O. The summed E-state index contributed by atoms with van der Waals surface area (Å²) in [4.78, 5) is 4.31. The zero-order valence-electron chi connectivity index (χ0n) is 10.5. The van der Waals surface area contributed by atoms with Gasteiger partial charge in [-0.15, -0.1) is 0 Å². The third-order valence-electron chi connectivity index (χ3n) is 3.32. The molecule has 1 fully saturated rings. The van der Waals surface area contributed by atoms with Crippen molar-refractivity contribution in [1.82, 2.24) is 4.98 Å². The summed E-state index contributed by atoms with van der Waals surface area (Å²) < 4.78 is 5.91. The number of nitrogens with zero attached hydrogens (tertiary/aromatic N) is 1. The monoisotopic (exact) mass is 269 g/mol. The van der Waals surface area contributed by atoms with E-state index in [1.54, 1.807) is 12.1 Å². The molecule has 1 aromatic rings. The van der Waals surface area contributed by atoms with Crippen LogP contribution in [0.5, 0.6) is 0 Å². The highest BCUT2D eigenvalue weighted by Gasteiger charge is 2.14. The quantitative estimate of drug-likeness (QED) is 0.500. The van der Waals surface area contributed by atoms with Crippen LogP contribution >= 0.6 is 11.6 Å². The van der Waals surface area contributed by atoms with Gasteiger partial charge in [0.25, 0.3) is 0 Å². The zero-order chi connectivity index (χ0) is 12.8. The zero-order valence-corrected chi connectivity index (χ0v) is 11.2. The second-order valence-corrected chi connectivity index (χ2v) is 5.10. The van der Waals surface area contributed by atoms with Gasteiger partial charge in [0.15, 0.2) is 0 Å². The summed E-state index contributed by atoms with van der Waals surface area (Å²) in [5.74, 6) is 5.94. The number of hydrogen-bond acceptors (Lipinski definition) is 4. The number of hydrazine groups is 1. The maximum Gasteiger partial charge on any atom is 0.140 e. The van der Waals surface area contributed by atoms with Crippen molar-refractivity contribution in [3.63, 3.8) is 0 Å². The predicted octanol–water partition coefficient (Wildman–Crippen LogP) is 3.26. The lowest BCUT2D eigenvalue weighted by molar-refractivity contribution is 0.0293. The van der Waals surface area contributed by atoms with Crippen LogP contribution in [-0.2, 0) is 11.3 Å². The van der Waals surface area contributed by atoms with E-state index < -0.39 is 0 Å². The van der Waals surface area contributed by atoms with E-state index in [0.717, 1.165) is 18.5 Å². The van der Waals surface area contributed by atoms with Crippen molar-refractivity contribution in [2.45, 2.75) is 51.2 Å². The Labute approximate surface area is 113 Å². The van der Waals surface area contributed by atoms with Crippen LogP contribution in [0.1, 0.15) is 44.2 Å². The van der Waals surface area contributed by atoms with E-state index in [2.05, 4.69) is 10.4 Å². The predicted molar refractivity (Wildman–Crippen MR) is 73.3 cm³/mol. The lowest BCUT2D eigenvalue weighted by Gasteiger charge is -2.15. The number of ether oxygens (including phenoxy) is 1. The van der Waals surface area contributed by atoms with E-state index in [0.29, 0.717) is 23.6 Å². The first-order valence-electron chi connectivity index (χ1n) is 6.53. The molecule has 1 aliphatic carbocycles. The first-order valence-corrected chi connectivity index (χ1v) is 6.91. The van der Waals surface area contributed by atoms with Gasteiger partial charge in [0, 0.05) is 0 Å². The molecule has 0 amide bonds. The Bertz CT molecular complexity index is 378. The van der Waals surface area contributed by atoms with Gasteiger partial charge in [-0.25, -0.2) is 10.8 Å². The van der Waals surface area contributed by atoms with Crippen molar-refractivity contribution in [2.75, 3.05) is 5.43 Å². The topological polar surface area (TPSA) is 60.2 Å². The Morgan fingerprint density at radius 2 is 2.00 bits per heavy atom. The molecule has 2 rings (SSSR count). The number of anilines is 1. The van der Waals surface area contributed by atoms with Crippen LogP contribution < -0.4 is 11.3 Å². The van der Waals surface area contributed by atoms with Gasteiger partial charge in [0.2, 0.25) is 0 Å². The molecule has 1 saturated carbocycles. The lowest BCUT2D eigenvalue weighted by Crippen LogP contribution is -2.13. The normalized spacial score (nSPS) is 17.4. The second kappa shape index (κ2) is 6.92. The summed E-state index contributed by atoms with van der Waals surface area (Å²) >= 11 is 6.09. The average molecular weight is 270 g/mol. The highest BCUT2D eigenvalue weighted by molar-refractivity contribution is 6.31. The van der Waals surface area contributed by atoms with Gasteiger partial charge in [0.1, 0.15) is 5.82 Å². The number of rotatable bonds is 4. The molecule has 1 aromatic heterocycles. The van der Waals surface area contributed by atoms with E-state index >= 15 is 0 Å². The van der Waals surface area contributed by atoms with Crippen LogP contribution in [0, 0.1) is 0 Å². The number of hydrogen-bond donors (Lipinski definition) is 2. The fourth-order valence-corrected chi connectivity index (χ4v) is 2.43. The fraction of sp³-hybridized carbons (Fsp3) is 0.615. The molecule has 1 heterocycles. The van der Waals surface area contributed by atoms with Crippen molar-refractivity contribution in [3.05, 3.63) is 22.8 Å². The van der Waals surface area contributed by atoms with Gasteiger partial charge < -0.3 is 10.2 Å². The van der Waals surface area contributed by atoms with E-state index in [4.69, 9.17) is 22.2 Å². The first kappa shape index (κ1) is 13.6. The van der Waals surface area contributed by atoms with E-state index in [1.807, 2.05) is 0 Å². The number of halogens is 1. The summed E-state index contributed by atoms with van der Waals surface area (Å²) in [6.45, 7) is 0.457. The largest absolute Gasteiger partial charge is 0.372 e. The summed E-state index contributed by atoms with van der Waals surface area (Å²) in [7, 11) is 0. The standard InChI is InChI=1S/C13H20ClN3O/c14-11-7-8-13(17-15)16-12(11)9-18-10-5-3-1-2-4-6-10/h7-8,10H,1-6,9,15H2,(H,16,17). The Balaban J connectivity index is 1.92. The Morgan fingerprint density at radius 1 is 1.28 bits per heavy atom. The van der Waals surface area contributed by atoms with E-state index in [9.17, 15) is 0 Å². The van der Waals surface area contributed by atoms with E-state index in [-0.39, 0.29) is 0 Å². The maximum absolute atomic E-state index is 6.09. The van der Waals surface area contributed by atoms with Gasteiger partial charge in [-0.2, -0.15) is 0 Å². The number of pyridine rings is 1. The third-order valence-corrected chi connectivity index (χ3v) is 3.67. The van der Waals surface area contributed by atoms with Gasteiger partial charge in [-0.3, -0.25) is 0 Å². The molecule has 1 aliphatic rings. The molecule has 3 N–H and O–H groups in total. The summed E-state index contributed by atoms with van der Waals surface area (Å²) in [6, 6.07) is 3.53. The van der Waals surface area contributed by atoms with Crippen LogP contribution in [0.4, 0.5) is 5.82 Å². The molecule has 0 radical (unpaired) electrons. The molecule has 4 nitrogen and oxygen atoms in total. The smallest absolute Gasteiger partial charge is 0.140 e. The molecule has 0 bridgehead atoms. The van der Waals surface area contributed by atoms with Crippen LogP contribution in [0.2, 0.25) is 5.02 Å². The third kappa shape index (κ3) is 3.83. The van der Waals surface area contributed by atoms with Crippen LogP contribution in [0.3, 0.4) is 0 Å². The Kier molecular flexibility index (Phi) is 5.23. The number of nitrogens with one attached hydrogen (secondary N) is 1. The Morgan fingerprint density at radius 3 is 2.67 bits per heavy atom. The van der Waals surface area contributed by atoms with Crippen molar-refractivity contribution >= 4 is 17.4 Å². The lowest BCUT2D eigenvalue weighted by atomic mass is 10.1. The highest BCUT2D eigenvalue weighted by atomic mass is 35.5. The molecule has 100 valence electrons. The van der Waals surface area contributed by atoms with Crippen molar-refractivity contribution in [2.24, 2.45) is 5.84 Å². The van der Waals surface area contributed by atoms with Gasteiger partial charge in [-0.05, 0) is 25.0 Å². The van der Waals surface area contributed by atoms with Crippen molar-refractivity contribution in [1.29, 1.82) is 0 Å². The minimum absolute atomic E-state index is 0.347. The molecule has 0 unspecified atom stereocenters. The van der Waals surface area contributed by atoms with Gasteiger partial charge >= 0.3 is 0 Å². The molecule has 0 atom stereocenters. The molecule has 18 heavy (non-hydrogen) atoms. The fourth-order valence-electron chi connectivity index (χ4n) is 2.27. The van der Waals surface area contributed by atoms with Crippen LogP contribution in [-0.4, -0.2) is 11.1 Å². The van der Waals surface area contributed by atoms with Crippen LogP contribution in [0.25, 0.3) is 0 Å². The molecule has 0 aromatic carbocycles. The number of nitrogen functional groups attached to an aromatic ring is 1. The Hall–Kier alpha value is -0.840. The minimum atomic E-state index is 0.347. The molecule has 0 aliphatic heterocycles. The molecular weight excluding hydrogens is 250 g/mol. The number of nitrogens with two attached hydrogens (primary N) is 1. The summed E-state index contributed by atoms with van der Waals surface area (Å²) in [5, 5.41) is 0.627. The molecule has 0 saturated heterocycles. The van der Waals surface area contributed by atoms with Crippen molar-refractivity contribution in [3.8, 4) is 0 Å². The molecule has 5 heteroatoms. The maximum atomic E-state index is 6.09.